The van der Waals surface area contributed by atoms with E-state index >= 15 is 0 Å². The molecule has 1 amide bonds. The van der Waals surface area contributed by atoms with E-state index in [2.05, 4.69) is 12.2 Å². The largest absolute Gasteiger partial charge is 0.480 e. The number of hydrogen-bond donors (Lipinski definition) is 3. The van der Waals surface area contributed by atoms with Gasteiger partial charge in [0, 0.05) is 13.0 Å². The van der Waals surface area contributed by atoms with Gasteiger partial charge in [-0.15, -0.1) is 0 Å². The first kappa shape index (κ1) is 20.9. The number of nitrogens with one attached hydrogen (secondary N) is 1. The summed E-state index contributed by atoms with van der Waals surface area (Å²) < 4.78 is 0. The summed E-state index contributed by atoms with van der Waals surface area (Å²) in [7, 11) is 0. The van der Waals surface area contributed by atoms with Crippen LogP contribution in [0.15, 0.2) is 0 Å². The van der Waals surface area contributed by atoms with E-state index in [0.717, 1.165) is 12.8 Å². The first-order chi connectivity index (χ1) is 10.6. The van der Waals surface area contributed by atoms with E-state index in [1.807, 2.05) is 0 Å². The van der Waals surface area contributed by atoms with Crippen LogP contribution in [-0.2, 0) is 9.59 Å². The topological polar surface area (TPSA) is 92.4 Å². The molecular weight excluding hydrogens is 280 g/mol. The minimum atomic E-state index is -0.985. The molecule has 1 atom stereocenters. The number of amides is 1. The van der Waals surface area contributed by atoms with Gasteiger partial charge < -0.3 is 16.2 Å². The van der Waals surface area contributed by atoms with Crippen LogP contribution >= 0.6 is 0 Å². The number of carbonyl (C=O) groups is 2. The Balaban J connectivity index is 3.27. The lowest BCUT2D eigenvalue weighted by molar-refractivity contribution is -0.138. The molecular formula is C17H34N2O3. The second-order valence-corrected chi connectivity index (χ2v) is 6.02. The molecule has 0 aliphatic carbocycles. The molecule has 5 nitrogen and oxygen atoms in total. The predicted octanol–water partition coefficient (Wildman–Crippen LogP) is 3.22. The van der Waals surface area contributed by atoms with Gasteiger partial charge >= 0.3 is 5.97 Å². The fourth-order valence-electron chi connectivity index (χ4n) is 2.36. The maximum Gasteiger partial charge on any atom is 0.320 e. The van der Waals surface area contributed by atoms with Gasteiger partial charge in [0.15, 0.2) is 0 Å². The molecule has 0 aromatic rings. The molecule has 4 N–H and O–H groups in total. The van der Waals surface area contributed by atoms with Crippen LogP contribution in [0.2, 0.25) is 0 Å². The van der Waals surface area contributed by atoms with Crippen LogP contribution in [0.25, 0.3) is 0 Å². The molecule has 0 heterocycles. The van der Waals surface area contributed by atoms with E-state index in [1.165, 1.54) is 44.9 Å². The zero-order valence-corrected chi connectivity index (χ0v) is 14.1. The van der Waals surface area contributed by atoms with Gasteiger partial charge in [-0.05, 0) is 19.3 Å². The number of carboxylic acids is 1. The summed E-state index contributed by atoms with van der Waals surface area (Å²) in [4.78, 5) is 22.1. The predicted molar refractivity (Wildman–Crippen MR) is 89.7 cm³/mol. The van der Waals surface area contributed by atoms with Crippen molar-refractivity contribution in [2.75, 3.05) is 6.54 Å². The lowest BCUT2D eigenvalue weighted by atomic mass is 10.1. The Labute approximate surface area is 135 Å². The molecule has 0 saturated carbocycles. The summed E-state index contributed by atoms with van der Waals surface area (Å²) >= 11 is 0. The van der Waals surface area contributed by atoms with E-state index in [0.29, 0.717) is 25.8 Å². The molecule has 0 spiro atoms. The highest BCUT2D eigenvalue weighted by Crippen LogP contribution is 2.10. The molecule has 0 rings (SSSR count). The summed E-state index contributed by atoms with van der Waals surface area (Å²) in [5.41, 5.74) is 5.39. The lowest BCUT2D eigenvalue weighted by Gasteiger charge is -2.07. The Morgan fingerprint density at radius 1 is 0.955 bits per heavy atom. The molecule has 0 bridgehead atoms. The van der Waals surface area contributed by atoms with Crippen LogP contribution < -0.4 is 11.1 Å². The second-order valence-electron chi connectivity index (χ2n) is 6.02. The Bertz CT molecular complexity index is 296. The van der Waals surface area contributed by atoms with Gasteiger partial charge in [0.25, 0.3) is 0 Å². The van der Waals surface area contributed by atoms with Crippen molar-refractivity contribution in [1.29, 1.82) is 0 Å². The van der Waals surface area contributed by atoms with E-state index < -0.39 is 12.0 Å². The smallest absolute Gasteiger partial charge is 0.320 e. The number of nitrogens with two attached hydrogens (primary N) is 1. The first-order valence-electron chi connectivity index (χ1n) is 8.83. The van der Waals surface area contributed by atoms with Crippen LogP contribution in [0.5, 0.6) is 0 Å². The van der Waals surface area contributed by atoms with Crippen molar-refractivity contribution >= 4 is 11.9 Å². The van der Waals surface area contributed by atoms with Crippen molar-refractivity contribution < 1.29 is 14.7 Å². The summed E-state index contributed by atoms with van der Waals surface area (Å²) in [6.07, 6.45) is 12.8. The summed E-state index contributed by atoms with van der Waals surface area (Å²) in [5.74, 6) is -0.923. The van der Waals surface area contributed by atoms with E-state index in [4.69, 9.17) is 10.8 Å². The van der Waals surface area contributed by atoms with Gasteiger partial charge in [0.2, 0.25) is 5.91 Å². The SMILES string of the molecule is CCCCCCCCCCCC(=O)NCCC[C@H](N)C(=O)O. The third-order valence-corrected chi connectivity index (χ3v) is 3.84. The average molecular weight is 314 g/mol. The van der Waals surface area contributed by atoms with Crippen molar-refractivity contribution in [3.63, 3.8) is 0 Å². The second kappa shape index (κ2) is 14.8. The molecule has 0 saturated heterocycles. The summed E-state index contributed by atoms with van der Waals surface area (Å²) in [6.45, 7) is 2.74. The number of carbonyl (C=O) groups excluding carboxylic acids is 1. The average Bonchev–Trinajstić information content (AvgIpc) is 2.49. The number of rotatable bonds is 15. The van der Waals surface area contributed by atoms with Crippen LogP contribution in [-0.4, -0.2) is 29.6 Å². The highest BCUT2D eigenvalue weighted by atomic mass is 16.4. The number of carboxylic acid groups (broad SMARTS) is 1. The van der Waals surface area contributed by atoms with Gasteiger partial charge in [-0.2, -0.15) is 0 Å². The van der Waals surface area contributed by atoms with E-state index in [1.54, 1.807) is 0 Å². The van der Waals surface area contributed by atoms with Crippen molar-refractivity contribution in [3.05, 3.63) is 0 Å². The molecule has 22 heavy (non-hydrogen) atoms. The molecule has 0 aliphatic rings. The molecule has 130 valence electrons. The third-order valence-electron chi connectivity index (χ3n) is 3.84. The Hall–Kier alpha value is -1.10. The fourth-order valence-corrected chi connectivity index (χ4v) is 2.36. The zero-order chi connectivity index (χ0) is 16.6. The van der Waals surface area contributed by atoms with Gasteiger partial charge in [-0.25, -0.2) is 0 Å². The minimum Gasteiger partial charge on any atom is -0.480 e. The molecule has 0 fully saturated rings. The molecule has 0 aromatic carbocycles. The van der Waals surface area contributed by atoms with Crippen LogP contribution in [0.4, 0.5) is 0 Å². The van der Waals surface area contributed by atoms with Crippen molar-refractivity contribution in [2.24, 2.45) is 5.73 Å². The van der Waals surface area contributed by atoms with Crippen LogP contribution in [0, 0.1) is 0 Å². The first-order valence-corrected chi connectivity index (χ1v) is 8.83. The quantitative estimate of drug-likeness (QED) is 0.405. The van der Waals surface area contributed by atoms with Crippen molar-refractivity contribution in [3.8, 4) is 0 Å². The number of unbranched alkanes of at least 4 members (excludes halogenated alkanes) is 8. The maximum absolute atomic E-state index is 11.6. The standard InChI is InChI=1S/C17H34N2O3/c1-2-3-4-5-6-7-8-9-10-13-16(20)19-14-11-12-15(18)17(21)22/h15H,2-14,18H2,1H3,(H,19,20)(H,21,22)/t15-/m0/s1. The van der Waals surface area contributed by atoms with E-state index in [-0.39, 0.29) is 5.91 Å². The highest BCUT2D eigenvalue weighted by Gasteiger charge is 2.10. The van der Waals surface area contributed by atoms with Gasteiger partial charge in [0.05, 0.1) is 0 Å². The monoisotopic (exact) mass is 314 g/mol. The van der Waals surface area contributed by atoms with Crippen molar-refractivity contribution in [2.45, 2.75) is 90.0 Å². The number of hydrogen-bond acceptors (Lipinski definition) is 3. The van der Waals surface area contributed by atoms with Gasteiger partial charge in [-0.3, -0.25) is 9.59 Å². The third kappa shape index (κ3) is 13.9. The minimum absolute atomic E-state index is 0.0619. The summed E-state index contributed by atoms with van der Waals surface area (Å²) in [5, 5.41) is 11.4. The van der Waals surface area contributed by atoms with E-state index in [9.17, 15) is 9.59 Å². The van der Waals surface area contributed by atoms with Gasteiger partial charge in [-0.1, -0.05) is 58.3 Å². The molecule has 0 radical (unpaired) electrons. The molecule has 0 unspecified atom stereocenters. The number of aliphatic carboxylic acids is 1. The van der Waals surface area contributed by atoms with Gasteiger partial charge in [0.1, 0.15) is 6.04 Å². The highest BCUT2D eigenvalue weighted by molar-refractivity contribution is 5.75. The Morgan fingerprint density at radius 3 is 2.05 bits per heavy atom. The molecule has 0 aliphatic heterocycles. The van der Waals surface area contributed by atoms with Crippen molar-refractivity contribution in [1.82, 2.24) is 5.32 Å². The maximum atomic E-state index is 11.6. The lowest BCUT2D eigenvalue weighted by Crippen LogP contribution is -2.32. The van der Waals surface area contributed by atoms with Crippen LogP contribution in [0.3, 0.4) is 0 Å². The zero-order valence-electron chi connectivity index (χ0n) is 14.1. The molecule has 0 aromatic heterocycles. The fraction of sp³-hybridized carbons (Fsp3) is 0.882. The summed E-state index contributed by atoms with van der Waals surface area (Å²) in [6, 6.07) is -0.825. The normalized spacial score (nSPS) is 12.1. The molecule has 5 heteroatoms. The van der Waals surface area contributed by atoms with Crippen LogP contribution in [0.1, 0.15) is 84.0 Å². The Kier molecular flexibility index (Phi) is 14.1. The Morgan fingerprint density at radius 2 is 1.50 bits per heavy atom.